The highest BCUT2D eigenvalue weighted by Crippen LogP contribution is 2.37. The lowest BCUT2D eigenvalue weighted by atomic mass is 10.1. The van der Waals surface area contributed by atoms with Crippen LogP contribution in [0.15, 0.2) is 30.3 Å². The minimum absolute atomic E-state index is 0.00657. The number of carbonyl (C=O) groups is 1. The van der Waals surface area contributed by atoms with Gasteiger partial charge in [0.25, 0.3) is 0 Å². The first-order chi connectivity index (χ1) is 14.0. The zero-order valence-electron chi connectivity index (χ0n) is 15.9. The molecule has 1 aliphatic heterocycles. The van der Waals surface area contributed by atoms with Crippen LogP contribution in [0.4, 0.5) is 29.1 Å². The number of carbonyl (C=O) groups excluding carboxylic acids is 1. The van der Waals surface area contributed by atoms with Crippen LogP contribution < -0.4 is 9.80 Å². The van der Waals surface area contributed by atoms with Crippen LogP contribution in [0.2, 0.25) is 0 Å². The third kappa shape index (κ3) is 4.14. The SMILES string of the molecule is Cc1cc(C(F)(F)F)c(C#N)c(N2CS(=O)C[C@@H]2C(=O)N(C)c2ccc(F)cc2)n1. The summed E-state index contributed by atoms with van der Waals surface area (Å²) in [7, 11) is -0.116. The number of amides is 1. The molecule has 1 unspecified atom stereocenters. The van der Waals surface area contributed by atoms with E-state index < -0.39 is 45.9 Å². The number of nitrogens with zero attached hydrogens (tertiary/aromatic N) is 4. The molecule has 1 aliphatic rings. The Labute approximate surface area is 172 Å². The Morgan fingerprint density at radius 3 is 2.53 bits per heavy atom. The van der Waals surface area contributed by atoms with Gasteiger partial charge in [-0.05, 0) is 37.3 Å². The lowest BCUT2D eigenvalue weighted by Gasteiger charge is -2.29. The summed E-state index contributed by atoms with van der Waals surface area (Å²) in [6, 6.07) is 6.26. The molecule has 0 bridgehead atoms. The molecule has 11 heteroatoms. The molecule has 1 amide bonds. The van der Waals surface area contributed by atoms with E-state index in [2.05, 4.69) is 4.98 Å². The molecule has 3 rings (SSSR count). The van der Waals surface area contributed by atoms with E-state index in [-0.39, 0.29) is 23.1 Å². The smallest absolute Gasteiger partial charge is 0.331 e. The quantitative estimate of drug-likeness (QED) is 0.686. The normalized spacial score (nSPS) is 18.9. The van der Waals surface area contributed by atoms with Crippen molar-refractivity contribution in [1.82, 2.24) is 4.98 Å². The monoisotopic (exact) mass is 440 g/mol. The lowest BCUT2D eigenvalue weighted by Crippen LogP contribution is -2.46. The maximum atomic E-state index is 13.4. The third-order valence-electron chi connectivity index (χ3n) is 4.65. The molecule has 0 spiro atoms. The number of nitriles is 1. The second-order valence-electron chi connectivity index (χ2n) is 6.71. The average Bonchev–Trinajstić information content (AvgIpc) is 3.07. The van der Waals surface area contributed by atoms with Crippen molar-refractivity contribution in [2.45, 2.75) is 19.1 Å². The fraction of sp³-hybridized carbons (Fsp3) is 0.316. The van der Waals surface area contributed by atoms with E-state index in [1.165, 1.54) is 42.0 Å². The van der Waals surface area contributed by atoms with Crippen LogP contribution in [-0.2, 0) is 21.8 Å². The lowest BCUT2D eigenvalue weighted by molar-refractivity contribution is -0.137. The number of likely N-dealkylation sites (N-methyl/N-ethyl adjacent to an activating group) is 1. The Morgan fingerprint density at radius 1 is 1.33 bits per heavy atom. The second kappa shape index (κ2) is 8.02. The summed E-state index contributed by atoms with van der Waals surface area (Å²) in [6.07, 6.45) is -4.79. The van der Waals surface area contributed by atoms with E-state index in [1.54, 1.807) is 0 Å². The van der Waals surface area contributed by atoms with Crippen LogP contribution in [0, 0.1) is 24.1 Å². The van der Waals surface area contributed by atoms with Crippen molar-refractivity contribution >= 4 is 28.2 Å². The molecular weight excluding hydrogens is 424 g/mol. The summed E-state index contributed by atoms with van der Waals surface area (Å²) in [5.74, 6) is -1.76. The van der Waals surface area contributed by atoms with Crippen molar-refractivity contribution in [1.29, 1.82) is 5.26 Å². The number of rotatable bonds is 3. The Kier molecular flexibility index (Phi) is 5.81. The van der Waals surface area contributed by atoms with E-state index >= 15 is 0 Å². The number of aromatic nitrogens is 1. The first-order valence-electron chi connectivity index (χ1n) is 8.66. The van der Waals surface area contributed by atoms with Gasteiger partial charge in [-0.2, -0.15) is 18.4 Å². The van der Waals surface area contributed by atoms with Gasteiger partial charge in [0.2, 0.25) is 5.91 Å². The van der Waals surface area contributed by atoms with Gasteiger partial charge in [0.15, 0.2) is 0 Å². The van der Waals surface area contributed by atoms with Gasteiger partial charge in [-0.3, -0.25) is 9.00 Å². The Bertz CT molecular complexity index is 1050. The molecule has 2 heterocycles. The van der Waals surface area contributed by atoms with E-state index in [1.807, 2.05) is 0 Å². The molecule has 1 saturated heterocycles. The minimum atomic E-state index is -4.79. The van der Waals surface area contributed by atoms with Crippen LogP contribution in [0.3, 0.4) is 0 Å². The molecule has 0 radical (unpaired) electrons. The molecule has 30 heavy (non-hydrogen) atoms. The zero-order valence-corrected chi connectivity index (χ0v) is 16.7. The molecule has 1 fully saturated rings. The second-order valence-corrected chi connectivity index (χ2v) is 8.19. The predicted molar refractivity (Wildman–Crippen MR) is 103 cm³/mol. The molecule has 158 valence electrons. The number of halogens is 4. The Balaban J connectivity index is 2.04. The van der Waals surface area contributed by atoms with Gasteiger partial charge < -0.3 is 9.80 Å². The van der Waals surface area contributed by atoms with Gasteiger partial charge in [0.05, 0.1) is 17.2 Å². The maximum Gasteiger partial charge on any atom is 0.417 e. The van der Waals surface area contributed by atoms with Crippen molar-refractivity contribution in [2.24, 2.45) is 0 Å². The summed E-state index contributed by atoms with van der Waals surface area (Å²) in [5, 5.41) is 9.39. The van der Waals surface area contributed by atoms with Gasteiger partial charge in [-0.1, -0.05) is 0 Å². The van der Waals surface area contributed by atoms with Crippen molar-refractivity contribution in [3.63, 3.8) is 0 Å². The molecule has 1 aromatic carbocycles. The van der Waals surface area contributed by atoms with E-state index in [4.69, 9.17) is 0 Å². The fourth-order valence-corrected chi connectivity index (χ4v) is 4.58. The highest BCUT2D eigenvalue weighted by molar-refractivity contribution is 7.85. The molecule has 2 atom stereocenters. The van der Waals surface area contributed by atoms with E-state index in [0.29, 0.717) is 5.69 Å². The predicted octanol–water partition coefficient (Wildman–Crippen LogP) is 2.98. The largest absolute Gasteiger partial charge is 0.417 e. The molecule has 1 aromatic heterocycles. The third-order valence-corrected chi connectivity index (χ3v) is 5.90. The highest BCUT2D eigenvalue weighted by Gasteiger charge is 2.42. The van der Waals surface area contributed by atoms with Crippen molar-refractivity contribution in [3.8, 4) is 6.07 Å². The van der Waals surface area contributed by atoms with E-state index in [0.717, 1.165) is 18.2 Å². The van der Waals surface area contributed by atoms with E-state index in [9.17, 15) is 31.8 Å². The number of alkyl halides is 3. The molecule has 0 N–H and O–H groups in total. The summed E-state index contributed by atoms with van der Waals surface area (Å²) in [6.45, 7) is 1.34. The van der Waals surface area contributed by atoms with Gasteiger partial charge in [0.1, 0.15) is 29.3 Å². The molecule has 2 aromatic rings. The Hall–Kier alpha value is -3.00. The molecular formula is C19H16F4N4O2S. The van der Waals surface area contributed by atoms with Gasteiger partial charge >= 0.3 is 6.18 Å². The van der Waals surface area contributed by atoms with Gasteiger partial charge in [-0.15, -0.1) is 0 Å². The van der Waals surface area contributed by atoms with Crippen LogP contribution in [0.5, 0.6) is 0 Å². The summed E-state index contributed by atoms with van der Waals surface area (Å²) < 4.78 is 65.7. The number of anilines is 2. The fourth-order valence-electron chi connectivity index (χ4n) is 3.19. The summed E-state index contributed by atoms with van der Waals surface area (Å²) in [5.41, 5.74) is -1.53. The van der Waals surface area contributed by atoms with Crippen LogP contribution >= 0.6 is 0 Å². The zero-order chi connectivity index (χ0) is 22.2. The summed E-state index contributed by atoms with van der Waals surface area (Å²) in [4.78, 5) is 19.5. The maximum absolute atomic E-state index is 13.4. The number of hydrogen-bond donors (Lipinski definition) is 0. The summed E-state index contributed by atoms with van der Waals surface area (Å²) >= 11 is 0. The van der Waals surface area contributed by atoms with Crippen molar-refractivity contribution in [2.75, 3.05) is 28.5 Å². The van der Waals surface area contributed by atoms with Crippen molar-refractivity contribution in [3.05, 3.63) is 53.0 Å². The van der Waals surface area contributed by atoms with Crippen LogP contribution in [0.25, 0.3) is 0 Å². The molecule has 0 aliphatic carbocycles. The first kappa shape index (κ1) is 21.7. The standard InChI is InChI=1S/C19H16F4N4O2S/c1-11-7-15(19(21,22)23)14(8-24)17(25-11)27-10-30(29)9-16(27)18(28)26(2)13-5-3-12(20)4-6-13/h3-7,16H,9-10H2,1-2H3/t16-,30?/m1/s1. The van der Waals surface area contributed by atoms with Gasteiger partial charge in [0, 0.05) is 29.2 Å². The topological polar surface area (TPSA) is 77.3 Å². The van der Waals surface area contributed by atoms with Crippen LogP contribution in [-0.4, -0.2) is 39.8 Å². The molecule has 0 saturated carbocycles. The minimum Gasteiger partial charge on any atom is -0.331 e. The number of hydrogen-bond acceptors (Lipinski definition) is 5. The molecule has 6 nitrogen and oxygen atoms in total. The van der Waals surface area contributed by atoms with Crippen LogP contribution in [0.1, 0.15) is 16.8 Å². The highest BCUT2D eigenvalue weighted by atomic mass is 32.2. The Morgan fingerprint density at radius 2 is 1.97 bits per heavy atom. The van der Waals surface area contributed by atoms with Gasteiger partial charge in [-0.25, -0.2) is 9.37 Å². The first-order valence-corrected chi connectivity index (χ1v) is 10.2. The average molecular weight is 440 g/mol. The number of aryl methyl sites for hydroxylation is 1. The van der Waals surface area contributed by atoms with Crippen molar-refractivity contribution < 1.29 is 26.6 Å². The number of pyridine rings is 1. The number of benzene rings is 1.